The van der Waals surface area contributed by atoms with E-state index in [1.807, 2.05) is 69.3 Å². The van der Waals surface area contributed by atoms with Gasteiger partial charge in [-0.25, -0.2) is 4.98 Å². The van der Waals surface area contributed by atoms with Gasteiger partial charge in [0.05, 0.1) is 23.6 Å². The summed E-state index contributed by atoms with van der Waals surface area (Å²) in [5.41, 5.74) is 4.29. The minimum Gasteiger partial charge on any atom is -0.494 e. The van der Waals surface area contributed by atoms with Gasteiger partial charge in [0.25, 0.3) is 5.91 Å². The Morgan fingerprint density at radius 3 is 2.58 bits per heavy atom. The van der Waals surface area contributed by atoms with Gasteiger partial charge in [0.2, 0.25) is 5.76 Å². The molecular weight excluding hydrogens is 452 g/mol. The second-order valence-corrected chi connectivity index (χ2v) is 9.50. The number of pyridine rings is 1. The quantitative estimate of drug-likeness (QED) is 0.284. The molecular formula is C30H30N2O4. The highest BCUT2D eigenvalue weighted by atomic mass is 16.5. The molecule has 4 aromatic rings. The van der Waals surface area contributed by atoms with Crippen LogP contribution in [0.4, 0.5) is 5.82 Å². The van der Waals surface area contributed by atoms with E-state index in [-0.39, 0.29) is 17.1 Å². The van der Waals surface area contributed by atoms with Crippen LogP contribution < -0.4 is 15.1 Å². The first-order chi connectivity index (χ1) is 17.4. The van der Waals surface area contributed by atoms with E-state index >= 15 is 0 Å². The number of nitrogens with zero attached hydrogens (tertiary/aromatic N) is 2. The fourth-order valence-electron chi connectivity index (χ4n) is 4.75. The Balaban J connectivity index is 1.69. The molecule has 184 valence electrons. The standard InChI is InChI=1S/C30H30N2O4/c1-5-6-7-13-35-22-10-8-9-21(17-22)27-26-28(33)23-15-19(3)20(4)16-24(23)36-29(26)30(34)32(27)25-14-18(2)11-12-31-25/h8-12,14-17,27H,5-7,13H2,1-4H3. The molecule has 2 aromatic carbocycles. The molecule has 3 heterocycles. The summed E-state index contributed by atoms with van der Waals surface area (Å²) < 4.78 is 12.1. The lowest BCUT2D eigenvalue weighted by Crippen LogP contribution is -2.30. The van der Waals surface area contributed by atoms with E-state index in [9.17, 15) is 9.59 Å². The maximum absolute atomic E-state index is 13.9. The summed E-state index contributed by atoms with van der Waals surface area (Å²) in [5.74, 6) is 0.873. The number of ether oxygens (including phenoxy) is 1. The smallest absolute Gasteiger partial charge is 0.296 e. The summed E-state index contributed by atoms with van der Waals surface area (Å²) >= 11 is 0. The zero-order chi connectivity index (χ0) is 25.4. The molecule has 0 aliphatic carbocycles. The van der Waals surface area contributed by atoms with E-state index in [0.717, 1.165) is 41.5 Å². The highest BCUT2D eigenvalue weighted by Crippen LogP contribution is 2.41. The fraction of sp³-hybridized carbons (Fsp3) is 0.300. The van der Waals surface area contributed by atoms with E-state index in [2.05, 4.69) is 11.9 Å². The van der Waals surface area contributed by atoms with Gasteiger partial charge in [0.1, 0.15) is 17.2 Å². The van der Waals surface area contributed by atoms with Crippen LogP contribution in [0.2, 0.25) is 0 Å². The number of fused-ring (bicyclic) bond motifs is 2. The van der Waals surface area contributed by atoms with E-state index in [1.54, 1.807) is 11.1 Å². The van der Waals surface area contributed by atoms with E-state index in [4.69, 9.17) is 9.15 Å². The maximum atomic E-state index is 13.9. The molecule has 0 spiro atoms. The van der Waals surface area contributed by atoms with E-state index in [1.165, 1.54) is 0 Å². The van der Waals surface area contributed by atoms with Crippen LogP contribution in [0.3, 0.4) is 0 Å². The third kappa shape index (κ3) is 4.17. The molecule has 1 amide bonds. The Labute approximate surface area is 210 Å². The molecule has 0 N–H and O–H groups in total. The zero-order valence-electron chi connectivity index (χ0n) is 21.1. The van der Waals surface area contributed by atoms with Gasteiger partial charge in [-0.15, -0.1) is 0 Å². The summed E-state index contributed by atoms with van der Waals surface area (Å²) in [7, 11) is 0. The minimum atomic E-state index is -0.678. The van der Waals surface area contributed by atoms with Crippen molar-refractivity contribution >= 4 is 22.7 Å². The lowest BCUT2D eigenvalue weighted by molar-refractivity contribution is 0.0970. The summed E-state index contributed by atoms with van der Waals surface area (Å²) in [6.45, 7) is 8.64. The first kappa shape index (κ1) is 23.8. The van der Waals surface area contributed by atoms with Gasteiger partial charge in [-0.05, 0) is 85.8 Å². The number of unbranched alkanes of at least 4 members (excludes halogenated alkanes) is 2. The molecule has 0 saturated heterocycles. The number of carbonyl (C=O) groups excluding carboxylic acids is 1. The number of hydrogen-bond donors (Lipinski definition) is 0. The van der Waals surface area contributed by atoms with Crippen LogP contribution in [-0.2, 0) is 0 Å². The van der Waals surface area contributed by atoms with Crippen molar-refractivity contribution in [3.05, 3.63) is 98.5 Å². The molecule has 1 unspecified atom stereocenters. The number of aryl methyl sites for hydroxylation is 3. The van der Waals surface area contributed by atoms with Gasteiger partial charge in [-0.1, -0.05) is 31.9 Å². The summed E-state index contributed by atoms with van der Waals surface area (Å²) in [6, 6.07) is 14.3. The van der Waals surface area contributed by atoms with Crippen LogP contribution in [0.1, 0.15) is 70.6 Å². The van der Waals surface area contributed by atoms with Gasteiger partial charge in [-0.3, -0.25) is 14.5 Å². The molecule has 0 saturated carbocycles. The predicted octanol–water partition coefficient (Wildman–Crippen LogP) is 6.43. The summed E-state index contributed by atoms with van der Waals surface area (Å²) in [5, 5.41) is 0.473. The van der Waals surface area contributed by atoms with Crippen LogP contribution >= 0.6 is 0 Å². The highest BCUT2D eigenvalue weighted by Gasteiger charge is 2.44. The average molecular weight is 483 g/mol. The zero-order valence-corrected chi connectivity index (χ0v) is 21.1. The van der Waals surface area contributed by atoms with Gasteiger partial charge >= 0.3 is 0 Å². The van der Waals surface area contributed by atoms with Gasteiger partial charge in [-0.2, -0.15) is 0 Å². The van der Waals surface area contributed by atoms with Crippen molar-refractivity contribution in [3.8, 4) is 5.75 Å². The predicted molar refractivity (Wildman–Crippen MR) is 141 cm³/mol. The molecule has 6 heteroatoms. The lowest BCUT2D eigenvalue weighted by atomic mass is 9.97. The number of carbonyl (C=O) groups is 1. The molecule has 36 heavy (non-hydrogen) atoms. The SMILES string of the molecule is CCCCCOc1cccc(C2c3c(oc4cc(C)c(C)cc4c3=O)C(=O)N2c2cc(C)ccn2)c1. The van der Waals surface area contributed by atoms with Crippen LogP contribution in [-0.4, -0.2) is 17.5 Å². The second-order valence-electron chi connectivity index (χ2n) is 9.50. The maximum Gasteiger partial charge on any atom is 0.296 e. The van der Waals surface area contributed by atoms with Gasteiger partial charge < -0.3 is 9.15 Å². The van der Waals surface area contributed by atoms with Crippen LogP contribution in [0.25, 0.3) is 11.0 Å². The number of rotatable bonds is 7. The third-order valence-corrected chi connectivity index (χ3v) is 6.82. The van der Waals surface area contributed by atoms with Crippen LogP contribution in [0.15, 0.2) is 63.9 Å². The van der Waals surface area contributed by atoms with Crippen LogP contribution in [0, 0.1) is 20.8 Å². The Morgan fingerprint density at radius 2 is 1.81 bits per heavy atom. The number of benzene rings is 2. The molecule has 0 bridgehead atoms. The summed E-state index contributed by atoms with van der Waals surface area (Å²) in [6.07, 6.45) is 4.86. The van der Waals surface area contributed by atoms with E-state index < -0.39 is 6.04 Å². The second kappa shape index (κ2) is 9.61. The first-order valence-electron chi connectivity index (χ1n) is 12.5. The minimum absolute atomic E-state index is 0.0679. The fourth-order valence-corrected chi connectivity index (χ4v) is 4.75. The monoisotopic (exact) mass is 482 g/mol. The highest BCUT2D eigenvalue weighted by molar-refractivity contribution is 6.10. The van der Waals surface area contributed by atoms with Crippen molar-refractivity contribution in [2.24, 2.45) is 0 Å². The topological polar surface area (TPSA) is 72.6 Å². The summed E-state index contributed by atoms with van der Waals surface area (Å²) in [4.78, 5) is 33.7. The van der Waals surface area contributed by atoms with Crippen molar-refractivity contribution in [1.82, 2.24) is 4.98 Å². The lowest BCUT2D eigenvalue weighted by Gasteiger charge is -2.24. The van der Waals surface area contributed by atoms with Crippen molar-refractivity contribution in [2.75, 3.05) is 11.5 Å². The first-order valence-corrected chi connectivity index (χ1v) is 12.5. The molecule has 2 aromatic heterocycles. The van der Waals surface area contributed by atoms with Crippen molar-refractivity contribution in [2.45, 2.75) is 53.0 Å². The van der Waals surface area contributed by atoms with Crippen molar-refractivity contribution in [3.63, 3.8) is 0 Å². The Morgan fingerprint density at radius 1 is 1.00 bits per heavy atom. The molecule has 1 aliphatic heterocycles. The van der Waals surface area contributed by atoms with E-state index in [0.29, 0.717) is 34.7 Å². The molecule has 5 rings (SSSR count). The number of amides is 1. The largest absolute Gasteiger partial charge is 0.494 e. The molecule has 1 aliphatic rings. The normalized spacial score (nSPS) is 14.9. The average Bonchev–Trinajstić information content (AvgIpc) is 3.16. The molecule has 6 nitrogen and oxygen atoms in total. The Hall–Kier alpha value is -3.93. The Bertz CT molecular complexity index is 1520. The number of aromatic nitrogens is 1. The molecule has 0 fully saturated rings. The molecule has 1 atom stereocenters. The Kier molecular flexibility index (Phi) is 6.35. The van der Waals surface area contributed by atoms with Gasteiger partial charge in [0, 0.05) is 6.20 Å². The van der Waals surface area contributed by atoms with Crippen LogP contribution in [0.5, 0.6) is 5.75 Å². The number of hydrogen-bond acceptors (Lipinski definition) is 5. The number of anilines is 1. The van der Waals surface area contributed by atoms with Crippen molar-refractivity contribution < 1.29 is 13.9 Å². The third-order valence-electron chi connectivity index (χ3n) is 6.82. The molecule has 0 radical (unpaired) electrons. The van der Waals surface area contributed by atoms with Gasteiger partial charge in [0.15, 0.2) is 5.43 Å². The van der Waals surface area contributed by atoms with Crippen molar-refractivity contribution in [1.29, 1.82) is 0 Å².